The first-order valence-electron chi connectivity index (χ1n) is 8.85. The molecule has 23 heavy (non-hydrogen) atoms. The molecule has 0 unspecified atom stereocenters. The molecule has 1 heterocycles. The van der Waals surface area contributed by atoms with E-state index < -0.39 is 0 Å². The molecule has 126 valence electrons. The van der Waals surface area contributed by atoms with Gasteiger partial charge in [-0.1, -0.05) is 31.6 Å². The van der Waals surface area contributed by atoms with E-state index in [0.717, 1.165) is 38.4 Å². The van der Waals surface area contributed by atoms with Crippen molar-refractivity contribution in [1.82, 2.24) is 0 Å². The maximum atomic E-state index is 12.9. The van der Waals surface area contributed by atoms with Gasteiger partial charge >= 0.3 is 0 Å². The molecule has 0 aromatic heterocycles. The van der Waals surface area contributed by atoms with Gasteiger partial charge in [0.05, 0.1) is 0 Å². The summed E-state index contributed by atoms with van der Waals surface area (Å²) in [7, 11) is 0. The Balaban J connectivity index is 2.01. The summed E-state index contributed by atoms with van der Waals surface area (Å²) in [4.78, 5) is 24.9. The maximum Gasteiger partial charge on any atom is 0.190 e. The zero-order valence-corrected chi connectivity index (χ0v) is 14.7. The second-order valence-corrected chi connectivity index (χ2v) is 8.18. The number of epoxide rings is 1. The normalized spacial score (nSPS) is 46.4. The highest BCUT2D eigenvalue weighted by atomic mass is 16.6. The molecule has 2 bridgehead atoms. The standard InChI is InChI=1S/C20H28O3/c1-13-6-5-10-20(4)18(23-20)17(22)15-8-7-14(2)19(3,11-9-13)16(15)12-21/h6,8,12,14,16,18H,5,7,9-11H2,1-4H3/b13-6+/t14-,16-,18-,19-,20+/m1/s1. The van der Waals surface area contributed by atoms with Gasteiger partial charge < -0.3 is 9.53 Å². The van der Waals surface area contributed by atoms with E-state index in [1.54, 1.807) is 0 Å². The largest absolute Gasteiger partial charge is 0.358 e. The summed E-state index contributed by atoms with van der Waals surface area (Å²) >= 11 is 0. The smallest absolute Gasteiger partial charge is 0.190 e. The number of fused-ring (bicyclic) bond motifs is 3. The van der Waals surface area contributed by atoms with E-state index >= 15 is 0 Å². The Labute approximate surface area is 139 Å². The van der Waals surface area contributed by atoms with Crippen LogP contribution in [0.4, 0.5) is 0 Å². The van der Waals surface area contributed by atoms with E-state index in [2.05, 4.69) is 26.8 Å². The number of carbonyl (C=O) groups is 2. The molecule has 0 spiro atoms. The monoisotopic (exact) mass is 316 g/mol. The minimum atomic E-state index is -0.359. The second-order valence-electron chi connectivity index (χ2n) is 8.18. The number of ether oxygens (including phenoxy) is 1. The first kappa shape index (κ1) is 16.6. The van der Waals surface area contributed by atoms with Crippen LogP contribution in [0.3, 0.4) is 0 Å². The summed E-state index contributed by atoms with van der Waals surface area (Å²) < 4.78 is 5.77. The molecule has 3 rings (SSSR count). The van der Waals surface area contributed by atoms with Crippen LogP contribution in [0.5, 0.6) is 0 Å². The van der Waals surface area contributed by atoms with Gasteiger partial charge in [0, 0.05) is 11.5 Å². The van der Waals surface area contributed by atoms with Crippen molar-refractivity contribution in [2.45, 2.75) is 71.5 Å². The Morgan fingerprint density at radius 2 is 2.00 bits per heavy atom. The fourth-order valence-corrected chi connectivity index (χ4v) is 4.33. The van der Waals surface area contributed by atoms with Gasteiger partial charge in [-0.15, -0.1) is 0 Å². The number of rotatable bonds is 1. The molecule has 3 aliphatic rings. The van der Waals surface area contributed by atoms with Crippen LogP contribution in [0, 0.1) is 17.3 Å². The van der Waals surface area contributed by atoms with Crippen molar-refractivity contribution in [3.8, 4) is 0 Å². The topological polar surface area (TPSA) is 46.7 Å². The van der Waals surface area contributed by atoms with Gasteiger partial charge in [-0.05, 0) is 57.3 Å². The lowest BCUT2D eigenvalue weighted by atomic mass is 9.59. The Morgan fingerprint density at radius 3 is 2.70 bits per heavy atom. The minimum Gasteiger partial charge on any atom is -0.358 e. The molecule has 2 aliphatic carbocycles. The summed E-state index contributed by atoms with van der Waals surface area (Å²) in [6.07, 6.45) is 9.56. The molecule has 1 saturated heterocycles. The highest BCUT2D eigenvalue weighted by Crippen LogP contribution is 2.51. The fourth-order valence-electron chi connectivity index (χ4n) is 4.33. The molecule has 3 heteroatoms. The van der Waals surface area contributed by atoms with Crippen molar-refractivity contribution in [2.24, 2.45) is 17.3 Å². The van der Waals surface area contributed by atoms with E-state index in [9.17, 15) is 9.59 Å². The Bertz CT molecular complexity index is 588. The molecule has 1 aliphatic heterocycles. The van der Waals surface area contributed by atoms with Crippen molar-refractivity contribution >= 4 is 12.1 Å². The zero-order chi connectivity index (χ0) is 16.8. The first-order chi connectivity index (χ1) is 10.8. The van der Waals surface area contributed by atoms with Gasteiger partial charge in [0.25, 0.3) is 0 Å². The van der Waals surface area contributed by atoms with Gasteiger partial charge in [0.1, 0.15) is 18.0 Å². The van der Waals surface area contributed by atoms with Crippen LogP contribution < -0.4 is 0 Å². The van der Waals surface area contributed by atoms with Crippen molar-refractivity contribution < 1.29 is 14.3 Å². The van der Waals surface area contributed by atoms with E-state index in [4.69, 9.17) is 4.74 Å². The zero-order valence-electron chi connectivity index (χ0n) is 14.7. The second kappa shape index (κ2) is 5.70. The highest BCUT2D eigenvalue weighted by molar-refractivity contribution is 6.04. The van der Waals surface area contributed by atoms with Gasteiger partial charge in [-0.3, -0.25) is 4.79 Å². The summed E-state index contributed by atoms with van der Waals surface area (Å²) in [5.41, 5.74) is 1.59. The van der Waals surface area contributed by atoms with Gasteiger partial charge in [0.15, 0.2) is 5.78 Å². The summed E-state index contributed by atoms with van der Waals surface area (Å²) in [6.45, 7) is 8.58. The Kier molecular flexibility index (Phi) is 4.12. The van der Waals surface area contributed by atoms with E-state index in [1.807, 2.05) is 13.0 Å². The number of hydrogen-bond donors (Lipinski definition) is 0. The predicted octanol–water partition coefficient (Wildman–Crippen LogP) is 4.02. The number of carbonyl (C=O) groups excluding carboxylic acids is 2. The number of ketones is 1. The van der Waals surface area contributed by atoms with Crippen LogP contribution in [0.25, 0.3) is 0 Å². The van der Waals surface area contributed by atoms with Crippen LogP contribution in [0.1, 0.15) is 59.8 Å². The van der Waals surface area contributed by atoms with E-state index in [1.165, 1.54) is 5.57 Å². The molecule has 0 N–H and O–H groups in total. The molecule has 1 fully saturated rings. The van der Waals surface area contributed by atoms with Crippen LogP contribution in [-0.4, -0.2) is 23.8 Å². The minimum absolute atomic E-state index is 0.0454. The van der Waals surface area contributed by atoms with Crippen LogP contribution in [0.15, 0.2) is 23.3 Å². The fraction of sp³-hybridized carbons (Fsp3) is 0.700. The molecule has 0 saturated carbocycles. The first-order valence-corrected chi connectivity index (χ1v) is 8.85. The maximum absolute atomic E-state index is 12.9. The molecular weight excluding hydrogens is 288 g/mol. The highest BCUT2D eigenvalue weighted by Gasteiger charge is 2.58. The summed E-state index contributed by atoms with van der Waals surface area (Å²) in [5, 5.41) is 0. The number of hydrogen-bond acceptors (Lipinski definition) is 3. The average molecular weight is 316 g/mol. The third-order valence-electron chi connectivity index (χ3n) is 6.60. The average Bonchev–Trinajstić information content (AvgIpc) is 3.18. The Morgan fingerprint density at radius 1 is 1.26 bits per heavy atom. The lowest BCUT2D eigenvalue weighted by Crippen LogP contribution is -2.42. The SMILES string of the molecule is C/C1=C\CC[C@]2(C)O[C@@H]2C(=O)C2=CC[C@@H](C)[C@@](C)(CC1)[C@@H]2C=O. The number of Topliss-reactive ketones (excluding diaryl/α,β-unsaturated/α-hetero) is 1. The van der Waals surface area contributed by atoms with Gasteiger partial charge in [-0.2, -0.15) is 0 Å². The molecular formula is C20H28O3. The lowest BCUT2D eigenvalue weighted by molar-refractivity contribution is -0.122. The predicted molar refractivity (Wildman–Crippen MR) is 90.0 cm³/mol. The molecule has 5 atom stereocenters. The third-order valence-corrected chi connectivity index (χ3v) is 6.60. The molecule has 3 nitrogen and oxygen atoms in total. The van der Waals surface area contributed by atoms with Gasteiger partial charge in [0.2, 0.25) is 0 Å². The van der Waals surface area contributed by atoms with Crippen LogP contribution in [-0.2, 0) is 14.3 Å². The van der Waals surface area contributed by atoms with Crippen molar-refractivity contribution in [3.05, 3.63) is 23.3 Å². The van der Waals surface area contributed by atoms with E-state index in [-0.39, 0.29) is 28.8 Å². The lowest BCUT2D eigenvalue weighted by Gasteiger charge is -2.44. The van der Waals surface area contributed by atoms with Crippen molar-refractivity contribution in [1.29, 1.82) is 0 Å². The number of allylic oxidation sites excluding steroid dienone is 3. The Hall–Kier alpha value is -1.22. The molecule has 0 amide bonds. The number of aldehydes is 1. The summed E-state index contributed by atoms with van der Waals surface area (Å²) in [5.74, 6) is 0.139. The quantitative estimate of drug-likeness (QED) is 0.417. The van der Waals surface area contributed by atoms with Crippen molar-refractivity contribution in [3.63, 3.8) is 0 Å². The third kappa shape index (κ3) is 2.73. The molecule has 0 aromatic carbocycles. The van der Waals surface area contributed by atoms with Gasteiger partial charge in [-0.25, -0.2) is 0 Å². The van der Waals surface area contributed by atoms with Crippen LogP contribution in [0.2, 0.25) is 0 Å². The molecule has 0 radical (unpaired) electrons. The summed E-state index contributed by atoms with van der Waals surface area (Å²) in [6, 6.07) is 0. The van der Waals surface area contributed by atoms with Crippen molar-refractivity contribution in [2.75, 3.05) is 0 Å². The molecule has 0 aromatic rings. The van der Waals surface area contributed by atoms with E-state index in [0.29, 0.717) is 11.5 Å². The van der Waals surface area contributed by atoms with Crippen LogP contribution >= 0.6 is 0 Å².